The van der Waals surface area contributed by atoms with Crippen molar-refractivity contribution in [3.05, 3.63) is 59.5 Å². The highest BCUT2D eigenvalue weighted by Gasteiger charge is 2.30. The number of pyridine rings is 1. The quantitative estimate of drug-likeness (QED) is 0.332. The predicted molar refractivity (Wildman–Crippen MR) is 147 cm³/mol. The Bertz CT molecular complexity index is 1180. The van der Waals surface area contributed by atoms with Gasteiger partial charge in [0.25, 0.3) is 0 Å². The van der Waals surface area contributed by atoms with E-state index >= 15 is 0 Å². The molecule has 0 aliphatic carbocycles. The summed E-state index contributed by atoms with van der Waals surface area (Å²) in [5.74, 6) is 0.342. The van der Waals surface area contributed by atoms with Gasteiger partial charge in [0.05, 0.1) is 17.1 Å². The van der Waals surface area contributed by atoms with Crippen LogP contribution in [0.25, 0.3) is 0 Å². The van der Waals surface area contributed by atoms with E-state index in [1.54, 1.807) is 0 Å². The summed E-state index contributed by atoms with van der Waals surface area (Å²) in [7, 11) is 2.01. The fraction of sp³-hybridized carbons (Fsp3) is 0.500. The zero-order valence-electron chi connectivity index (χ0n) is 22.3. The monoisotopic (exact) mass is 489 g/mol. The number of aldehydes is 1. The number of carbonyl (C=O) groups excluding carboxylic acids is 1. The maximum atomic E-state index is 11.5. The minimum Gasteiger partial charge on any atom is -0.367 e. The normalized spacial score (nSPS) is 22.7. The highest BCUT2D eigenvalue weighted by molar-refractivity contribution is 6.10. The Kier molecular flexibility index (Phi) is 8.04. The van der Waals surface area contributed by atoms with Crippen molar-refractivity contribution < 1.29 is 4.79 Å². The van der Waals surface area contributed by atoms with E-state index in [-0.39, 0.29) is 0 Å². The number of hydrazone groups is 2. The molecule has 2 fully saturated rings. The van der Waals surface area contributed by atoms with Crippen LogP contribution in [0.3, 0.4) is 0 Å². The van der Waals surface area contributed by atoms with E-state index in [4.69, 9.17) is 4.99 Å². The second-order valence-electron chi connectivity index (χ2n) is 10.0. The van der Waals surface area contributed by atoms with Crippen LogP contribution in [-0.2, 0) is 11.8 Å². The van der Waals surface area contributed by atoms with Gasteiger partial charge in [-0.2, -0.15) is 10.2 Å². The average Bonchev–Trinajstić information content (AvgIpc) is 3.34. The Labute approximate surface area is 214 Å². The molecule has 3 aliphatic rings. The number of carbonyl (C=O) groups is 1. The van der Waals surface area contributed by atoms with E-state index in [1.807, 2.05) is 30.7 Å². The molecule has 1 unspecified atom stereocenters. The summed E-state index contributed by atoms with van der Waals surface area (Å²) in [4.78, 5) is 21.5. The zero-order valence-corrected chi connectivity index (χ0v) is 22.3. The van der Waals surface area contributed by atoms with Crippen LogP contribution in [0.15, 0.2) is 63.7 Å². The van der Waals surface area contributed by atoms with Gasteiger partial charge in [-0.1, -0.05) is 20.4 Å². The Morgan fingerprint density at radius 3 is 2.83 bits per heavy atom. The van der Waals surface area contributed by atoms with E-state index < -0.39 is 0 Å². The van der Waals surface area contributed by atoms with E-state index in [0.29, 0.717) is 29.1 Å². The first-order valence-corrected chi connectivity index (χ1v) is 13.0. The van der Waals surface area contributed by atoms with Gasteiger partial charge in [-0.15, -0.1) is 5.10 Å². The van der Waals surface area contributed by atoms with Crippen molar-refractivity contribution in [2.45, 2.75) is 53.0 Å². The summed E-state index contributed by atoms with van der Waals surface area (Å²) in [6, 6.07) is 2.87. The largest absolute Gasteiger partial charge is 0.367 e. The van der Waals surface area contributed by atoms with Crippen molar-refractivity contribution in [1.29, 1.82) is 0 Å². The number of fused-ring (bicyclic) bond motifs is 1. The topological polar surface area (TPSA) is 68.8 Å². The van der Waals surface area contributed by atoms with Gasteiger partial charge in [-0.05, 0) is 69.4 Å². The molecule has 3 aliphatic heterocycles. The number of anilines is 1. The molecular formula is C28H39N7O. The maximum Gasteiger partial charge on any atom is 0.145 e. The van der Waals surface area contributed by atoms with Crippen molar-refractivity contribution in [2.24, 2.45) is 28.2 Å². The molecule has 2 atom stereocenters. The van der Waals surface area contributed by atoms with Crippen LogP contribution in [0.1, 0.15) is 45.6 Å². The minimum atomic E-state index is 0.342. The first kappa shape index (κ1) is 25.8. The van der Waals surface area contributed by atoms with Gasteiger partial charge in [0.2, 0.25) is 0 Å². The molecule has 8 heteroatoms. The number of piperazine rings is 1. The van der Waals surface area contributed by atoms with Crippen LogP contribution in [0.4, 0.5) is 5.69 Å². The summed E-state index contributed by atoms with van der Waals surface area (Å²) >= 11 is 0. The average molecular weight is 490 g/mol. The number of aromatic nitrogens is 1. The third kappa shape index (κ3) is 5.59. The molecule has 0 amide bonds. The predicted octanol–water partition coefficient (Wildman–Crippen LogP) is 3.76. The van der Waals surface area contributed by atoms with Crippen LogP contribution in [0.5, 0.6) is 0 Å². The number of rotatable bonds is 7. The van der Waals surface area contributed by atoms with E-state index in [2.05, 4.69) is 59.6 Å². The Morgan fingerprint density at radius 2 is 2.11 bits per heavy atom. The van der Waals surface area contributed by atoms with Crippen molar-refractivity contribution in [1.82, 2.24) is 14.6 Å². The van der Waals surface area contributed by atoms with Crippen molar-refractivity contribution in [2.75, 3.05) is 31.1 Å². The van der Waals surface area contributed by atoms with Crippen LogP contribution >= 0.6 is 0 Å². The van der Waals surface area contributed by atoms with Crippen molar-refractivity contribution >= 4 is 23.4 Å². The molecule has 0 radical (unpaired) electrons. The van der Waals surface area contributed by atoms with Gasteiger partial charge in [-0.3, -0.25) is 9.69 Å². The second-order valence-corrected chi connectivity index (χ2v) is 10.0. The van der Waals surface area contributed by atoms with Crippen LogP contribution in [-0.4, -0.2) is 64.5 Å². The molecule has 4 rings (SSSR count). The fourth-order valence-corrected chi connectivity index (χ4v) is 4.99. The van der Waals surface area contributed by atoms with E-state index in [1.165, 1.54) is 36.3 Å². The highest BCUT2D eigenvalue weighted by Crippen LogP contribution is 2.25. The molecule has 36 heavy (non-hydrogen) atoms. The molecule has 1 aromatic heterocycles. The molecule has 8 nitrogen and oxygen atoms in total. The third-order valence-corrected chi connectivity index (χ3v) is 7.52. The molecular weight excluding hydrogens is 450 g/mol. The standard InChI is InChI=1S/C28H39N7O/c1-7-20(2)23(5)30-35-22(4)10-11-27(31-35)26(12-16-36)29-28-21(3)17-25(18-32(28)6)34-15-14-33-13-8-9-24(33)19-34/h10-12,16-18,20,24H,4,7-9,13-15,19H2,1-3,5-6H3/b26-12-,29-28?,30-23-/t20?,24-/m1/s1. The van der Waals surface area contributed by atoms with Gasteiger partial charge in [0.1, 0.15) is 17.5 Å². The lowest BCUT2D eigenvalue weighted by molar-refractivity contribution is -0.104. The first-order valence-electron chi connectivity index (χ1n) is 13.0. The van der Waals surface area contributed by atoms with Gasteiger partial charge < -0.3 is 9.47 Å². The van der Waals surface area contributed by atoms with E-state index in [9.17, 15) is 4.79 Å². The molecule has 0 aromatic carbocycles. The zero-order chi connectivity index (χ0) is 25.8. The lowest BCUT2D eigenvalue weighted by Crippen LogP contribution is -2.50. The molecule has 0 spiro atoms. The van der Waals surface area contributed by atoms with Gasteiger partial charge >= 0.3 is 0 Å². The first-order chi connectivity index (χ1) is 17.3. The Hall–Kier alpha value is -3.26. The third-order valence-electron chi connectivity index (χ3n) is 7.52. The van der Waals surface area contributed by atoms with Gasteiger partial charge in [-0.25, -0.2) is 4.99 Å². The van der Waals surface area contributed by atoms with E-state index in [0.717, 1.165) is 49.1 Å². The number of nitrogens with zero attached hydrogens (tertiary/aromatic N) is 7. The molecule has 0 N–H and O–H groups in total. The number of hydrogen-bond acceptors (Lipinski definition) is 7. The lowest BCUT2D eigenvalue weighted by Gasteiger charge is -2.39. The SMILES string of the molecule is C=C1C=CC(/C(=C/C=O)N=c2c(C)cc(N3CCN4CCC[C@@H]4C3)cn2C)=NN1/N=C(/C)C(C)CC. The second kappa shape index (κ2) is 11.2. The van der Waals surface area contributed by atoms with Gasteiger partial charge in [0, 0.05) is 50.7 Å². The molecule has 0 bridgehead atoms. The Balaban J connectivity index is 1.64. The number of hydrogen-bond donors (Lipinski definition) is 0. The molecule has 0 saturated carbocycles. The fourth-order valence-electron chi connectivity index (χ4n) is 4.99. The van der Waals surface area contributed by atoms with Gasteiger partial charge in [0.15, 0.2) is 0 Å². The maximum absolute atomic E-state index is 11.5. The van der Waals surface area contributed by atoms with Crippen molar-refractivity contribution in [3.8, 4) is 0 Å². The highest BCUT2D eigenvalue weighted by atomic mass is 16.1. The van der Waals surface area contributed by atoms with Crippen LogP contribution < -0.4 is 10.4 Å². The molecule has 4 heterocycles. The molecule has 1 aromatic rings. The molecule has 192 valence electrons. The van der Waals surface area contributed by atoms with Crippen LogP contribution in [0, 0.1) is 12.8 Å². The molecule has 2 saturated heterocycles. The summed E-state index contributed by atoms with van der Waals surface area (Å²) in [5.41, 5.74) is 5.75. The van der Waals surface area contributed by atoms with Crippen LogP contribution in [0.2, 0.25) is 0 Å². The number of aryl methyl sites for hydroxylation is 2. The van der Waals surface area contributed by atoms with Crippen molar-refractivity contribution in [3.63, 3.8) is 0 Å². The summed E-state index contributed by atoms with van der Waals surface area (Å²) in [6.07, 6.45) is 11.6. The minimum absolute atomic E-state index is 0.342. The number of allylic oxidation sites excluding steroid dienone is 3. The Morgan fingerprint density at radius 1 is 1.31 bits per heavy atom. The summed E-state index contributed by atoms with van der Waals surface area (Å²) < 4.78 is 2.04. The smallest absolute Gasteiger partial charge is 0.145 e. The lowest BCUT2D eigenvalue weighted by atomic mass is 10.1. The summed E-state index contributed by atoms with van der Waals surface area (Å²) in [6.45, 7) is 16.9. The summed E-state index contributed by atoms with van der Waals surface area (Å²) in [5, 5.41) is 10.8.